The van der Waals surface area contributed by atoms with Crippen LogP contribution in [0.15, 0.2) is 48.5 Å². The summed E-state index contributed by atoms with van der Waals surface area (Å²) in [5, 5.41) is 0. The van der Waals surface area contributed by atoms with Crippen LogP contribution in [0, 0.1) is 0 Å². The third kappa shape index (κ3) is 3.30. The predicted octanol–water partition coefficient (Wildman–Crippen LogP) is 4.78. The maximum atomic E-state index is 6.03. The van der Waals surface area contributed by atoms with Gasteiger partial charge in [-0.3, -0.25) is 0 Å². The summed E-state index contributed by atoms with van der Waals surface area (Å²) in [5.41, 5.74) is 3.72. The molecule has 0 fully saturated rings. The molecule has 0 heterocycles. The zero-order valence-corrected chi connectivity index (χ0v) is 12.2. The average molecular weight is 275 g/mol. The first-order chi connectivity index (χ1) is 9.26. The van der Waals surface area contributed by atoms with Crippen LogP contribution < -0.4 is 4.74 Å². The minimum absolute atomic E-state index is 0.444. The highest BCUT2D eigenvalue weighted by molar-refractivity contribution is 6.17. The van der Waals surface area contributed by atoms with Crippen LogP contribution >= 0.6 is 11.6 Å². The van der Waals surface area contributed by atoms with Gasteiger partial charge in [-0.05, 0) is 35.1 Å². The molecule has 1 nitrogen and oxygen atoms in total. The Morgan fingerprint density at radius 3 is 2.42 bits per heavy atom. The normalized spacial score (nSPS) is 12.2. The maximum absolute atomic E-state index is 6.03. The zero-order valence-electron chi connectivity index (χ0n) is 11.4. The van der Waals surface area contributed by atoms with Crippen molar-refractivity contribution in [3.8, 4) is 5.75 Å². The van der Waals surface area contributed by atoms with Crippen LogP contribution in [0.3, 0.4) is 0 Å². The number of rotatable bonds is 5. The minimum Gasteiger partial charge on any atom is -0.496 e. The van der Waals surface area contributed by atoms with Crippen molar-refractivity contribution in [3.05, 3.63) is 65.2 Å². The number of hydrogen-bond donors (Lipinski definition) is 0. The number of methoxy groups -OCH3 is 1. The third-order valence-corrected chi connectivity index (χ3v) is 3.76. The highest BCUT2D eigenvalue weighted by Crippen LogP contribution is 2.29. The third-order valence-electron chi connectivity index (χ3n) is 3.47. The van der Waals surface area contributed by atoms with Crippen molar-refractivity contribution >= 4 is 11.6 Å². The summed E-state index contributed by atoms with van der Waals surface area (Å²) in [7, 11) is 1.71. The molecule has 0 aliphatic heterocycles. The molecule has 1 atom stereocenters. The van der Waals surface area contributed by atoms with Gasteiger partial charge in [0.25, 0.3) is 0 Å². The molecule has 0 radical (unpaired) electrons. The van der Waals surface area contributed by atoms with Crippen molar-refractivity contribution in [2.24, 2.45) is 0 Å². The first-order valence-electron chi connectivity index (χ1n) is 6.52. The van der Waals surface area contributed by atoms with Crippen molar-refractivity contribution in [3.63, 3.8) is 0 Å². The molecule has 19 heavy (non-hydrogen) atoms. The molecule has 0 amide bonds. The Morgan fingerprint density at radius 2 is 1.79 bits per heavy atom. The van der Waals surface area contributed by atoms with E-state index >= 15 is 0 Å². The monoisotopic (exact) mass is 274 g/mol. The molecule has 2 aromatic carbocycles. The summed E-state index contributed by atoms with van der Waals surface area (Å²) in [4.78, 5) is 0. The first-order valence-corrected chi connectivity index (χ1v) is 7.05. The SMILES string of the molecule is COc1cccc(CCl)c1CC(C)c1ccccc1. The summed E-state index contributed by atoms with van der Waals surface area (Å²) in [6, 6.07) is 16.6. The van der Waals surface area contributed by atoms with Crippen LogP contribution in [0.5, 0.6) is 5.75 Å². The van der Waals surface area contributed by atoms with Crippen LogP contribution in [-0.4, -0.2) is 7.11 Å². The lowest BCUT2D eigenvalue weighted by Crippen LogP contribution is -2.03. The summed E-state index contributed by atoms with van der Waals surface area (Å²) < 4.78 is 5.47. The highest BCUT2D eigenvalue weighted by atomic mass is 35.5. The molecule has 0 aliphatic carbocycles. The summed E-state index contributed by atoms with van der Waals surface area (Å²) in [5.74, 6) is 1.90. The van der Waals surface area contributed by atoms with E-state index in [-0.39, 0.29) is 0 Å². The number of ether oxygens (including phenoxy) is 1. The van der Waals surface area contributed by atoms with Gasteiger partial charge in [0, 0.05) is 5.88 Å². The first kappa shape index (κ1) is 14.0. The predicted molar refractivity (Wildman–Crippen MR) is 81.1 cm³/mol. The van der Waals surface area contributed by atoms with Crippen molar-refractivity contribution in [1.29, 1.82) is 0 Å². The molecular weight excluding hydrogens is 256 g/mol. The Balaban J connectivity index is 2.27. The van der Waals surface area contributed by atoms with Gasteiger partial charge in [-0.2, -0.15) is 0 Å². The molecule has 2 heteroatoms. The molecule has 0 saturated heterocycles. The Bertz CT molecular complexity index is 500. The van der Waals surface area contributed by atoms with Crippen LogP contribution in [0.25, 0.3) is 0 Å². The van der Waals surface area contributed by atoms with Crippen LogP contribution in [-0.2, 0) is 12.3 Å². The lowest BCUT2D eigenvalue weighted by atomic mass is 9.91. The zero-order chi connectivity index (χ0) is 13.7. The molecule has 1 unspecified atom stereocenters. The van der Waals surface area contributed by atoms with Gasteiger partial charge in [0.05, 0.1) is 7.11 Å². The van der Waals surface area contributed by atoms with Gasteiger partial charge in [0.1, 0.15) is 5.75 Å². The number of alkyl halides is 1. The molecule has 0 aromatic heterocycles. The molecule has 0 aliphatic rings. The molecule has 0 spiro atoms. The second-order valence-corrected chi connectivity index (χ2v) is 5.01. The second-order valence-electron chi connectivity index (χ2n) is 4.75. The molecule has 2 aromatic rings. The maximum Gasteiger partial charge on any atom is 0.122 e. The lowest BCUT2D eigenvalue weighted by Gasteiger charge is -2.17. The van der Waals surface area contributed by atoms with E-state index in [1.807, 2.05) is 18.2 Å². The fraction of sp³-hybridized carbons (Fsp3) is 0.294. The van der Waals surface area contributed by atoms with Gasteiger partial charge >= 0.3 is 0 Å². The fourth-order valence-corrected chi connectivity index (χ4v) is 2.62. The van der Waals surface area contributed by atoms with E-state index in [4.69, 9.17) is 16.3 Å². The quantitative estimate of drug-likeness (QED) is 0.713. The van der Waals surface area contributed by atoms with E-state index in [0.717, 1.165) is 17.7 Å². The Labute approximate surface area is 120 Å². The van der Waals surface area contributed by atoms with Crippen LogP contribution in [0.4, 0.5) is 0 Å². The van der Waals surface area contributed by atoms with Gasteiger partial charge in [-0.1, -0.05) is 49.4 Å². The Morgan fingerprint density at radius 1 is 1.05 bits per heavy atom. The van der Waals surface area contributed by atoms with Gasteiger partial charge < -0.3 is 4.74 Å². The minimum atomic E-state index is 0.444. The Kier molecular flexibility index (Phi) is 4.86. The van der Waals surface area contributed by atoms with E-state index in [1.54, 1.807) is 7.11 Å². The fourth-order valence-electron chi connectivity index (χ4n) is 2.36. The van der Waals surface area contributed by atoms with Crippen LogP contribution in [0.1, 0.15) is 29.5 Å². The number of halogens is 1. The standard InChI is InChI=1S/C17H19ClO/c1-13(14-7-4-3-5-8-14)11-16-15(12-18)9-6-10-17(16)19-2/h3-10,13H,11-12H2,1-2H3. The summed E-state index contributed by atoms with van der Waals surface area (Å²) in [6.45, 7) is 2.24. The summed E-state index contributed by atoms with van der Waals surface area (Å²) >= 11 is 6.03. The van der Waals surface area contributed by atoms with Crippen molar-refractivity contribution in [2.75, 3.05) is 7.11 Å². The second kappa shape index (κ2) is 6.63. The van der Waals surface area contributed by atoms with Crippen molar-refractivity contribution < 1.29 is 4.74 Å². The lowest BCUT2D eigenvalue weighted by molar-refractivity contribution is 0.408. The van der Waals surface area contributed by atoms with E-state index in [9.17, 15) is 0 Å². The highest BCUT2D eigenvalue weighted by Gasteiger charge is 2.13. The average Bonchev–Trinajstić information content (AvgIpc) is 2.48. The smallest absolute Gasteiger partial charge is 0.122 e. The van der Waals surface area contributed by atoms with Crippen molar-refractivity contribution in [1.82, 2.24) is 0 Å². The van der Waals surface area contributed by atoms with E-state index in [1.165, 1.54) is 11.1 Å². The topological polar surface area (TPSA) is 9.23 Å². The molecule has 100 valence electrons. The summed E-state index contributed by atoms with van der Waals surface area (Å²) in [6.07, 6.45) is 0.941. The number of benzene rings is 2. The van der Waals surface area contributed by atoms with Crippen molar-refractivity contribution in [2.45, 2.75) is 25.1 Å². The van der Waals surface area contributed by atoms with Gasteiger partial charge in [-0.25, -0.2) is 0 Å². The van der Waals surface area contributed by atoms with E-state index < -0.39 is 0 Å². The van der Waals surface area contributed by atoms with Crippen LogP contribution in [0.2, 0.25) is 0 Å². The van der Waals surface area contributed by atoms with Gasteiger partial charge in [-0.15, -0.1) is 11.6 Å². The molecule has 2 rings (SSSR count). The Hall–Kier alpha value is -1.47. The van der Waals surface area contributed by atoms with E-state index in [0.29, 0.717) is 11.8 Å². The molecule has 0 N–H and O–H groups in total. The molecule has 0 saturated carbocycles. The molecular formula is C17H19ClO. The largest absolute Gasteiger partial charge is 0.496 e. The van der Waals surface area contributed by atoms with E-state index in [2.05, 4.69) is 37.3 Å². The van der Waals surface area contributed by atoms with Gasteiger partial charge in [0.15, 0.2) is 0 Å². The molecule has 0 bridgehead atoms. The number of hydrogen-bond acceptors (Lipinski definition) is 1. The van der Waals surface area contributed by atoms with Gasteiger partial charge in [0.2, 0.25) is 0 Å².